The molecule has 0 atom stereocenters. The molecule has 0 amide bonds. The molecule has 0 radical (unpaired) electrons. The molecule has 0 aliphatic heterocycles. The lowest BCUT2D eigenvalue weighted by Crippen LogP contribution is -2.26. The summed E-state index contributed by atoms with van der Waals surface area (Å²) in [6.07, 6.45) is 1.53. The fourth-order valence-corrected chi connectivity index (χ4v) is 2.20. The molecule has 5 nitrogen and oxygen atoms in total. The first-order valence-electron chi connectivity index (χ1n) is 6.35. The molecule has 1 aromatic heterocycles. The van der Waals surface area contributed by atoms with Crippen molar-refractivity contribution >= 4 is 21.6 Å². The summed E-state index contributed by atoms with van der Waals surface area (Å²) < 4.78 is 20.1. The molecule has 0 saturated heterocycles. The Balaban J connectivity index is 2.13. The third-order valence-corrected chi connectivity index (χ3v) is 3.69. The minimum absolute atomic E-state index is 0.259. The van der Waals surface area contributed by atoms with E-state index >= 15 is 0 Å². The number of rotatable bonds is 6. The maximum absolute atomic E-state index is 13.5. The van der Waals surface area contributed by atoms with Crippen molar-refractivity contribution in [3.63, 3.8) is 0 Å². The number of hydrogen-bond donors (Lipinski definition) is 1. The summed E-state index contributed by atoms with van der Waals surface area (Å²) in [6, 6.07) is 6.47. The third kappa shape index (κ3) is 3.89. The van der Waals surface area contributed by atoms with E-state index in [0.29, 0.717) is 28.9 Å². The summed E-state index contributed by atoms with van der Waals surface area (Å²) >= 11 is 3.24. The van der Waals surface area contributed by atoms with Crippen molar-refractivity contribution < 1.29 is 9.13 Å². The van der Waals surface area contributed by atoms with Gasteiger partial charge in [0, 0.05) is 19.2 Å². The molecular formula is C14H15BrFN3O2. The van der Waals surface area contributed by atoms with Crippen molar-refractivity contribution in [2.24, 2.45) is 0 Å². The van der Waals surface area contributed by atoms with E-state index < -0.39 is 0 Å². The Labute approximate surface area is 129 Å². The van der Waals surface area contributed by atoms with Crippen LogP contribution in [-0.4, -0.2) is 23.5 Å². The zero-order chi connectivity index (χ0) is 15.2. The number of benzene rings is 1. The molecular weight excluding hydrogens is 341 g/mol. The van der Waals surface area contributed by atoms with Gasteiger partial charge < -0.3 is 10.1 Å². The summed E-state index contributed by atoms with van der Waals surface area (Å²) in [5, 5.41) is 7.05. The average Bonchev–Trinajstić information content (AvgIpc) is 2.49. The zero-order valence-corrected chi connectivity index (χ0v) is 13.1. The molecule has 0 spiro atoms. The smallest absolute Gasteiger partial charge is 0.283 e. The predicted molar refractivity (Wildman–Crippen MR) is 81.8 cm³/mol. The molecule has 7 heteroatoms. The van der Waals surface area contributed by atoms with Gasteiger partial charge in [0.05, 0.1) is 25.0 Å². The Morgan fingerprint density at radius 2 is 2.19 bits per heavy atom. The van der Waals surface area contributed by atoms with Gasteiger partial charge in [-0.2, -0.15) is 5.10 Å². The summed E-state index contributed by atoms with van der Waals surface area (Å²) in [5.41, 5.74) is 0.787. The average molecular weight is 356 g/mol. The van der Waals surface area contributed by atoms with Crippen LogP contribution in [0.2, 0.25) is 0 Å². The van der Waals surface area contributed by atoms with Crippen LogP contribution in [0.5, 0.6) is 0 Å². The SMILES string of the molecule is COCCn1ncc(NCc2ccccc2F)c(Br)c1=O. The topological polar surface area (TPSA) is 56.1 Å². The Kier molecular flexibility index (Phi) is 5.46. The van der Waals surface area contributed by atoms with Crippen molar-refractivity contribution in [1.29, 1.82) is 0 Å². The van der Waals surface area contributed by atoms with Gasteiger partial charge in [0.15, 0.2) is 0 Å². The van der Waals surface area contributed by atoms with E-state index in [2.05, 4.69) is 26.3 Å². The van der Waals surface area contributed by atoms with Crippen molar-refractivity contribution in [3.8, 4) is 0 Å². The van der Waals surface area contributed by atoms with Crippen molar-refractivity contribution in [2.75, 3.05) is 19.0 Å². The summed E-state index contributed by atoms with van der Waals surface area (Å²) in [5.74, 6) is -0.289. The van der Waals surface area contributed by atoms with E-state index in [1.165, 1.54) is 16.9 Å². The van der Waals surface area contributed by atoms with E-state index in [-0.39, 0.29) is 17.9 Å². The van der Waals surface area contributed by atoms with Crippen molar-refractivity contribution in [2.45, 2.75) is 13.1 Å². The van der Waals surface area contributed by atoms with E-state index in [1.54, 1.807) is 25.3 Å². The van der Waals surface area contributed by atoms with Gasteiger partial charge in [0.25, 0.3) is 5.56 Å². The highest BCUT2D eigenvalue weighted by atomic mass is 79.9. The van der Waals surface area contributed by atoms with Crippen LogP contribution in [0, 0.1) is 5.82 Å². The lowest BCUT2D eigenvalue weighted by Gasteiger charge is -2.10. The van der Waals surface area contributed by atoms with E-state index in [0.717, 1.165) is 0 Å². The van der Waals surface area contributed by atoms with Crippen LogP contribution in [0.3, 0.4) is 0 Å². The molecule has 0 aliphatic carbocycles. The van der Waals surface area contributed by atoms with Gasteiger partial charge in [-0.05, 0) is 22.0 Å². The third-order valence-electron chi connectivity index (χ3n) is 2.92. The molecule has 1 heterocycles. The van der Waals surface area contributed by atoms with E-state index in [1.807, 2.05) is 0 Å². The number of ether oxygens (including phenoxy) is 1. The summed E-state index contributed by atoms with van der Waals surface area (Å²) in [7, 11) is 1.56. The Hall–Kier alpha value is -1.73. The summed E-state index contributed by atoms with van der Waals surface area (Å²) in [4.78, 5) is 12.1. The summed E-state index contributed by atoms with van der Waals surface area (Å²) in [6.45, 7) is 1.05. The fourth-order valence-electron chi connectivity index (χ4n) is 1.76. The van der Waals surface area contributed by atoms with Gasteiger partial charge >= 0.3 is 0 Å². The maximum Gasteiger partial charge on any atom is 0.283 e. The number of nitrogens with one attached hydrogen (secondary N) is 1. The molecule has 2 rings (SSSR count). The van der Waals surface area contributed by atoms with E-state index in [9.17, 15) is 9.18 Å². The Bertz CT molecular complexity index is 676. The van der Waals surface area contributed by atoms with Gasteiger partial charge in [0.1, 0.15) is 10.3 Å². The van der Waals surface area contributed by atoms with Crippen LogP contribution < -0.4 is 10.9 Å². The van der Waals surface area contributed by atoms with Gasteiger partial charge in [-0.15, -0.1) is 0 Å². The van der Waals surface area contributed by atoms with Gasteiger partial charge in [0.2, 0.25) is 0 Å². The minimum atomic E-state index is -0.289. The normalized spacial score (nSPS) is 10.6. The number of nitrogens with zero attached hydrogens (tertiary/aromatic N) is 2. The number of anilines is 1. The predicted octanol–water partition coefficient (Wildman–Crippen LogP) is 2.40. The fraction of sp³-hybridized carbons (Fsp3) is 0.286. The molecule has 1 N–H and O–H groups in total. The molecule has 0 unspecified atom stereocenters. The van der Waals surface area contributed by atoms with Crippen LogP contribution in [0.15, 0.2) is 39.7 Å². The van der Waals surface area contributed by atoms with Gasteiger partial charge in [-0.3, -0.25) is 4.79 Å². The second kappa shape index (κ2) is 7.33. The maximum atomic E-state index is 13.5. The van der Waals surface area contributed by atoms with Crippen LogP contribution in [0.1, 0.15) is 5.56 Å². The first-order chi connectivity index (χ1) is 10.1. The second-order valence-electron chi connectivity index (χ2n) is 4.34. The zero-order valence-electron chi connectivity index (χ0n) is 11.5. The lowest BCUT2D eigenvalue weighted by molar-refractivity contribution is 0.181. The highest BCUT2D eigenvalue weighted by Crippen LogP contribution is 2.17. The van der Waals surface area contributed by atoms with Gasteiger partial charge in [-0.25, -0.2) is 9.07 Å². The van der Waals surface area contributed by atoms with Crippen LogP contribution in [0.4, 0.5) is 10.1 Å². The quantitative estimate of drug-likeness (QED) is 0.864. The molecule has 112 valence electrons. The monoisotopic (exact) mass is 355 g/mol. The molecule has 0 aliphatic rings. The van der Waals surface area contributed by atoms with Crippen LogP contribution >= 0.6 is 15.9 Å². The highest BCUT2D eigenvalue weighted by Gasteiger charge is 2.09. The van der Waals surface area contributed by atoms with Gasteiger partial charge in [-0.1, -0.05) is 18.2 Å². The highest BCUT2D eigenvalue weighted by molar-refractivity contribution is 9.10. The number of halogens is 2. The van der Waals surface area contributed by atoms with Crippen molar-refractivity contribution in [3.05, 3.63) is 56.7 Å². The first kappa shape index (κ1) is 15.7. The molecule has 0 saturated carbocycles. The first-order valence-corrected chi connectivity index (χ1v) is 7.14. The standard InChI is InChI=1S/C14H15BrFN3O2/c1-21-7-6-19-14(20)13(15)12(9-18-19)17-8-10-4-2-3-5-11(10)16/h2-5,9,17H,6-8H2,1H3. The number of hydrogen-bond acceptors (Lipinski definition) is 4. The van der Waals surface area contributed by atoms with Crippen LogP contribution in [0.25, 0.3) is 0 Å². The minimum Gasteiger partial charge on any atom is -0.383 e. The molecule has 2 aromatic rings. The van der Waals surface area contributed by atoms with Crippen LogP contribution in [-0.2, 0) is 17.8 Å². The number of methoxy groups -OCH3 is 1. The molecule has 0 fully saturated rings. The molecule has 21 heavy (non-hydrogen) atoms. The second-order valence-corrected chi connectivity index (χ2v) is 5.13. The Morgan fingerprint density at radius 3 is 2.90 bits per heavy atom. The number of aromatic nitrogens is 2. The lowest BCUT2D eigenvalue weighted by atomic mass is 10.2. The Morgan fingerprint density at radius 1 is 1.43 bits per heavy atom. The molecule has 1 aromatic carbocycles. The van der Waals surface area contributed by atoms with Crippen molar-refractivity contribution in [1.82, 2.24) is 9.78 Å². The molecule has 0 bridgehead atoms. The largest absolute Gasteiger partial charge is 0.383 e. The van der Waals surface area contributed by atoms with E-state index in [4.69, 9.17) is 4.74 Å².